The van der Waals surface area contributed by atoms with E-state index in [-0.39, 0.29) is 17.1 Å². The summed E-state index contributed by atoms with van der Waals surface area (Å²) < 4.78 is 8.10. The molecule has 2 amide bonds. The fraction of sp³-hybridized carbons (Fsp3) is 0.200. The number of carbonyl (C=O) groups excluding carboxylic acids is 4. The maximum atomic E-state index is 10.3. The van der Waals surface area contributed by atoms with Gasteiger partial charge in [0.25, 0.3) is 0 Å². The number of esters is 2. The van der Waals surface area contributed by atoms with E-state index in [1.807, 2.05) is 0 Å². The van der Waals surface area contributed by atoms with Crippen LogP contribution in [0.3, 0.4) is 0 Å². The third-order valence-electron chi connectivity index (χ3n) is 1.35. The van der Waals surface area contributed by atoms with Crippen molar-refractivity contribution in [2.24, 2.45) is 11.5 Å². The van der Waals surface area contributed by atoms with Crippen molar-refractivity contribution in [1.29, 1.82) is 0 Å². The summed E-state index contributed by atoms with van der Waals surface area (Å²) in [5.74, 6) is -5.37. The minimum Gasteiger partial charge on any atom is -0.502 e. The summed E-state index contributed by atoms with van der Waals surface area (Å²) >= 11 is 0. The average Bonchev–Trinajstić information content (AvgIpc) is 2.35. The molecule has 0 aliphatic heterocycles. The van der Waals surface area contributed by atoms with Crippen molar-refractivity contribution in [3.8, 4) is 0 Å². The van der Waals surface area contributed by atoms with Gasteiger partial charge in [-0.05, 0) is 0 Å². The summed E-state index contributed by atoms with van der Waals surface area (Å²) in [7, 11) is 2.15. The first-order valence-electron chi connectivity index (χ1n) is 4.72. The number of primary amides is 2. The minimum atomic E-state index is -0.987. The number of carbonyl (C=O) groups is 4. The van der Waals surface area contributed by atoms with Crippen LogP contribution in [0.15, 0.2) is 23.7 Å². The van der Waals surface area contributed by atoms with Crippen molar-refractivity contribution in [1.82, 2.24) is 0 Å². The Morgan fingerprint density at radius 3 is 1.19 bits per heavy atom. The maximum Gasteiger partial charge on any atom is 0.373 e. The number of rotatable bonds is 4. The largest absolute Gasteiger partial charge is 0.502 e. The van der Waals surface area contributed by atoms with Crippen LogP contribution in [0.25, 0.3) is 0 Å². The molecule has 0 saturated carbocycles. The van der Waals surface area contributed by atoms with Crippen LogP contribution in [0.4, 0.5) is 0 Å². The number of methoxy groups -OCH3 is 2. The zero-order valence-electron chi connectivity index (χ0n) is 11.0. The smallest absolute Gasteiger partial charge is 0.373 e. The zero-order valence-corrected chi connectivity index (χ0v) is 11.9. The average molecular weight is 354 g/mol. The van der Waals surface area contributed by atoms with Crippen LogP contribution in [0.2, 0.25) is 0 Å². The third kappa shape index (κ3) is 13.7. The quantitative estimate of drug-likeness (QED) is 0.197. The number of aliphatic hydroxyl groups excluding tert-OH is 2. The van der Waals surface area contributed by atoms with Gasteiger partial charge in [0.2, 0.25) is 23.3 Å². The van der Waals surface area contributed by atoms with Crippen LogP contribution in [0.5, 0.6) is 0 Å². The number of nitrogens with two attached hydrogens (primary N) is 2. The molecule has 21 heavy (non-hydrogen) atoms. The Labute approximate surface area is 129 Å². The molecule has 0 aliphatic rings. The van der Waals surface area contributed by atoms with Crippen LogP contribution >= 0.6 is 0 Å². The van der Waals surface area contributed by atoms with E-state index in [2.05, 4.69) is 20.9 Å². The first-order chi connectivity index (χ1) is 9.15. The van der Waals surface area contributed by atoms with E-state index in [1.54, 1.807) is 0 Å². The van der Waals surface area contributed by atoms with E-state index in [1.165, 1.54) is 0 Å². The topological polar surface area (TPSA) is 179 Å². The van der Waals surface area contributed by atoms with Gasteiger partial charge in [0.15, 0.2) is 0 Å². The van der Waals surface area contributed by atoms with Crippen LogP contribution < -0.4 is 11.5 Å². The molecule has 6 N–H and O–H groups in total. The van der Waals surface area contributed by atoms with Crippen molar-refractivity contribution >= 4 is 23.8 Å². The summed E-state index contributed by atoms with van der Waals surface area (Å²) in [6, 6.07) is 0. The summed E-state index contributed by atoms with van der Waals surface area (Å²) in [5.41, 5.74) is 9.21. The Balaban J connectivity index is -0.000000295. The van der Waals surface area contributed by atoms with E-state index < -0.39 is 35.3 Å². The number of ether oxygens (including phenoxy) is 2. The predicted molar refractivity (Wildman–Crippen MR) is 63.8 cm³/mol. The van der Waals surface area contributed by atoms with Crippen LogP contribution in [0.1, 0.15) is 0 Å². The molecular formula is C10H14CuN2O8. The number of hydrogen-bond acceptors (Lipinski definition) is 8. The van der Waals surface area contributed by atoms with Crippen molar-refractivity contribution < 1.29 is 55.9 Å². The van der Waals surface area contributed by atoms with Gasteiger partial charge in [0.1, 0.15) is 0 Å². The van der Waals surface area contributed by atoms with Gasteiger partial charge in [-0.25, -0.2) is 9.59 Å². The molecule has 0 aromatic heterocycles. The standard InChI is InChI=1S/2C5H7NO4.Cu/c2*1-10-5(9)3(7)2-4(6)8;/h2*2,7H,1H3,(H2,6,8);/b2*3-2-;. The van der Waals surface area contributed by atoms with Gasteiger partial charge >= 0.3 is 11.9 Å². The third-order valence-corrected chi connectivity index (χ3v) is 1.35. The number of hydrogen-bond donors (Lipinski definition) is 4. The van der Waals surface area contributed by atoms with E-state index in [9.17, 15) is 19.2 Å². The fourth-order valence-corrected chi connectivity index (χ4v) is 0.596. The summed E-state index contributed by atoms with van der Waals surface area (Å²) in [4.78, 5) is 40.6. The summed E-state index contributed by atoms with van der Waals surface area (Å²) in [6.45, 7) is 0. The van der Waals surface area contributed by atoms with Crippen LogP contribution in [-0.4, -0.2) is 48.2 Å². The molecule has 0 saturated heterocycles. The molecule has 0 aromatic carbocycles. The SMILES string of the molecule is COC(=O)/C(O)=C/C(N)=O.COC(=O)/C(O)=C/C(N)=O.[Cu]. The van der Waals surface area contributed by atoms with Crippen molar-refractivity contribution in [2.45, 2.75) is 0 Å². The predicted octanol–water partition coefficient (Wildman–Crippen LogP) is -1.83. The first-order valence-corrected chi connectivity index (χ1v) is 4.72. The molecule has 0 aliphatic carbocycles. The van der Waals surface area contributed by atoms with E-state index in [0.717, 1.165) is 14.2 Å². The van der Waals surface area contributed by atoms with E-state index in [4.69, 9.17) is 10.2 Å². The molecular weight excluding hydrogens is 340 g/mol. The summed E-state index contributed by atoms with van der Waals surface area (Å²) in [5, 5.41) is 17.1. The molecule has 0 fully saturated rings. The van der Waals surface area contributed by atoms with E-state index >= 15 is 0 Å². The van der Waals surface area contributed by atoms with Gasteiger partial charge in [-0.1, -0.05) is 0 Å². The molecule has 0 heterocycles. The maximum absolute atomic E-state index is 10.3. The molecule has 11 heteroatoms. The molecule has 0 aromatic rings. The van der Waals surface area contributed by atoms with Gasteiger partial charge in [0, 0.05) is 17.1 Å². The van der Waals surface area contributed by atoms with Gasteiger partial charge in [-0.3, -0.25) is 9.59 Å². The number of aliphatic hydroxyl groups is 2. The second-order valence-electron chi connectivity index (χ2n) is 2.85. The molecule has 10 nitrogen and oxygen atoms in total. The second-order valence-corrected chi connectivity index (χ2v) is 2.85. The van der Waals surface area contributed by atoms with Crippen molar-refractivity contribution in [3.63, 3.8) is 0 Å². The molecule has 123 valence electrons. The van der Waals surface area contributed by atoms with E-state index in [0.29, 0.717) is 12.2 Å². The first kappa shape index (κ1) is 23.6. The molecule has 0 atom stereocenters. The van der Waals surface area contributed by atoms with Gasteiger partial charge in [-0.2, -0.15) is 0 Å². The van der Waals surface area contributed by atoms with Crippen molar-refractivity contribution in [3.05, 3.63) is 23.7 Å². The Bertz CT molecular complexity index is 416. The zero-order chi connectivity index (χ0) is 16.3. The molecule has 1 radical (unpaired) electrons. The molecule has 0 rings (SSSR count). The minimum absolute atomic E-state index is 0. The van der Waals surface area contributed by atoms with Crippen LogP contribution in [-0.2, 0) is 45.7 Å². The Morgan fingerprint density at radius 2 is 1.05 bits per heavy atom. The summed E-state index contributed by atoms with van der Waals surface area (Å²) in [6.07, 6.45) is 1.15. The Morgan fingerprint density at radius 1 is 0.810 bits per heavy atom. The Kier molecular flexibility index (Phi) is 14.0. The fourth-order valence-electron chi connectivity index (χ4n) is 0.596. The molecule has 0 bridgehead atoms. The van der Waals surface area contributed by atoms with Gasteiger partial charge in [-0.15, -0.1) is 0 Å². The van der Waals surface area contributed by atoms with Crippen LogP contribution in [0, 0.1) is 0 Å². The van der Waals surface area contributed by atoms with Gasteiger partial charge < -0.3 is 31.2 Å². The normalized spacial score (nSPS) is 10.2. The monoisotopic (exact) mass is 353 g/mol. The number of amides is 2. The molecule has 0 unspecified atom stereocenters. The second kappa shape index (κ2) is 12.5. The van der Waals surface area contributed by atoms with Crippen molar-refractivity contribution in [2.75, 3.05) is 14.2 Å². The Hall–Kier alpha value is -2.52. The van der Waals surface area contributed by atoms with Gasteiger partial charge in [0.05, 0.1) is 26.4 Å². The molecule has 0 spiro atoms.